The number of halogens is 1. The number of carbonyl (C=O) groups excluding carboxylic acids is 2. The lowest BCUT2D eigenvalue weighted by atomic mass is 9.87. The van der Waals surface area contributed by atoms with E-state index >= 15 is 0 Å². The molecule has 37 heavy (non-hydrogen) atoms. The number of amides is 2. The van der Waals surface area contributed by atoms with Crippen molar-refractivity contribution >= 4 is 12.2 Å². The molecule has 0 unspecified atom stereocenters. The number of piperidine rings is 1. The minimum absolute atomic E-state index is 0.0860. The molecule has 0 saturated carbocycles. The monoisotopic (exact) mass is 518 g/mol. The van der Waals surface area contributed by atoms with E-state index in [9.17, 15) is 14.0 Å². The van der Waals surface area contributed by atoms with E-state index in [1.165, 1.54) is 10.9 Å². The zero-order valence-corrected chi connectivity index (χ0v) is 22.8. The molecule has 2 N–H and O–H groups in total. The first-order chi connectivity index (χ1) is 17.1. The number of hydrogen-bond donors (Lipinski definition) is 2. The van der Waals surface area contributed by atoms with Crippen LogP contribution in [0.4, 0.5) is 14.0 Å². The fourth-order valence-electron chi connectivity index (χ4n) is 3.99. The fourth-order valence-corrected chi connectivity index (χ4v) is 3.99. The Morgan fingerprint density at radius 2 is 1.73 bits per heavy atom. The van der Waals surface area contributed by atoms with E-state index in [1.807, 2.05) is 54.5 Å². The average Bonchev–Trinajstić information content (AvgIpc) is 3.22. The molecule has 10 nitrogen and oxygen atoms in total. The standard InChI is InChI=1S/C26H39FN6O4/c1-18(19-8-9-21(28-14-19)33-16-20(27)15-30-33)29-17-26(31-22(34)36-24(2,3)4)10-12-32(13-11-26)23(35)37-25(5,6)7/h8-9,14-16,18,29H,10-13,17H2,1-7H3,(H,31,34)/t18-/m0/s1. The van der Waals surface area contributed by atoms with Gasteiger partial charge in [-0.1, -0.05) is 6.07 Å². The van der Waals surface area contributed by atoms with Crippen molar-refractivity contribution in [3.63, 3.8) is 0 Å². The van der Waals surface area contributed by atoms with Gasteiger partial charge in [0.2, 0.25) is 0 Å². The summed E-state index contributed by atoms with van der Waals surface area (Å²) >= 11 is 0. The molecule has 204 valence electrons. The van der Waals surface area contributed by atoms with Crippen LogP contribution in [0.3, 0.4) is 0 Å². The number of carbonyl (C=O) groups is 2. The molecule has 1 atom stereocenters. The van der Waals surface area contributed by atoms with Crippen LogP contribution in [-0.4, -0.2) is 68.2 Å². The zero-order chi connectivity index (χ0) is 27.4. The molecule has 0 aromatic carbocycles. The van der Waals surface area contributed by atoms with Gasteiger partial charge >= 0.3 is 12.2 Å². The van der Waals surface area contributed by atoms with E-state index < -0.39 is 28.7 Å². The number of likely N-dealkylation sites (tertiary alicyclic amines) is 1. The second-order valence-corrected chi connectivity index (χ2v) is 11.5. The van der Waals surface area contributed by atoms with Gasteiger partial charge in [0.1, 0.15) is 11.2 Å². The van der Waals surface area contributed by atoms with Crippen LogP contribution in [0.5, 0.6) is 0 Å². The maximum atomic E-state index is 13.3. The van der Waals surface area contributed by atoms with Crippen molar-refractivity contribution in [3.8, 4) is 5.82 Å². The maximum Gasteiger partial charge on any atom is 0.410 e. The van der Waals surface area contributed by atoms with Crippen molar-refractivity contribution < 1.29 is 23.5 Å². The van der Waals surface area contributed by atoms with Crippen LogP contribution in [0, 0.1) is 5.82 Å². The number of rotatable bonds is 6. The Morgan fingerprint density at radius 3 is 2.24 bits per heavy atom. The highest BCUT2D eigenvalue weighted by atomic mass is 19.1. The molecule has 1 aliphatic rings. The SMILES string of the molecule is C[C@H](NCC1(NC(=O)OC(C)(C)C)CCN(C(=O)OC(C)(C)C)CC1)c1ccc(-n2cc(F)cn2)nc1. The molecule has 1 aliphatic heterocycles. The lowest BCUT2D eigenvalue weighted by Gasteiger charge is -2.43. The normalized spacial score (nSPS) is 16.7. The van der Waals surface area contributed by atoms with Crippen molar-refractivity contribution in [3.05, 3.63) is 42.1 Å². The minimum atomic E-state index is -0.631. The molecular formula is C26H39FN6O4. The molecule has 3 heterocycles. The number of nitrogens with zero attached hydrogens (tertiary/aromatic N) is 4. The Balaban J connectivity index is 1.67. The van der Waals surface area contributed by atoms with E-state index in [1.54, 1.807) is 17.2 Å². The summed E-state index contributed by atoms with van der Waals surface area (Å²) in [7, 11) is 0. The van der Waals surface area contributed by atoms with Gasteiger partial charge in [-0.25, -0.2) is 23.6 Å². The second-order valence-electron chi connectivity index (χ2n) is 11.5. The predicted molar refractivity (Wildman–Crippen MR) is 137 cm³/mol. The Bertz CT molecular complexity index is 1070. The van der Waals surface area contributed by atoms with Crippen molar-refractivity contribution in [1.29, 1.82) is 0 Å². The number of hydrogen-bond acceptors (Lipinski definition) is 7. The van der Waals surface area contributed by atoms with Crippen LogP contribution in [0.1, 0.15) is 72.9 Å². The van der Waals surface area contributed by atoms with Gasteiger partial charge in [0, 0.05) is 31.9 Å². The molecule has 2 amide bonds. The van der Waals surface area contributed by atoms with Gasteiger partial charge in [-0.3, -0.25) is 0 Å². The number of alkyl carbamates (subject to hydrolysis) is 1. The largest absolute Gasteiger partial charge is 0.444 e. The van der Waals surface area contributed by atoms with Gasteiger partial charge in [0.15, 0.2) is 11.6 Å². The molecule has 3 rings (SSSR count). The minimum Gasteiger partial charge on any atom is -0.444 e. The number of ether oxygens (including phenoxy) is 2. The lowest BCUT2D eigenvalue weighted by molar-refractivity contribution is 0.0118. The van der Waals surface area contributed by atoms with E-state index in [-0.39, 0.29) is 12.1 Å². The van der Waals surface area contributed by atoms with Crippen LogP contribution < -0.4 is 10.6 Å². The number of pyridine rings is 1. The van der Waals surface area contributed by atoms with E-state index in [0.717, 1.165) is 11.8 Å². The van der Waals surface area contributed by atoms with Crippen LogP contribution >= 0.6 is 0 Å². The first kappa shape index (κ1) is 28.4. The smallest absolute Gasteiger partial charge is 0.410 e. The highest BCUT2D eigenvalue weighted by Crippen LogP contribution is 2.26. The Hall–Kier alpha value is -3.21. The molecule has 1 saturated heterocycles. The molecule has 1 fully saturated rings. The summed E-state index contributed by atoms with van der Waals surface area (Å²) in [4.78, 5) is 31.3. The number of nitrogens with one attached hydrogen (secondary N) is 2. The average molecular weight is 519 g/mol. The molecule has 0 aliphatic carbocycles. The van der Waals surface area contributed by atoms with Gasteiger partial charge in [-0.2, -0.15) is 5.10 Å². The molecular weight excluding hydrogens is 479 g/mol. The summed E-state index contributed by atoms with van der Waals surface area (Å²) in [6, 6.07) is 3.59. The number of aromatic nitrogens is 3. The van der Waals surface area contributed by atoms with Crippen LogP contribution in [-0.2, 0) is 9.47 Å². The Kier molecular flexibility index (Phi) is 8.46. The third kappa shape index (κ3) is 8.41. The molecule has 0 spiro atoms. The Morgan fingerprint density at radius 1 is 1.08 bits per heavy atom. The summed E-state index contributed by atoms with van der Waals surface area (Å²) < 4.78 is 25.7. The summed E-state index contributed by atoms with van der Waals surface area (Å²) in [5.41, 5.74) is -0.898. The highest BCUT2D eigenvalue weighted by Gasteiger charge is 2.39. The first-order valence-corrected chi connectivity index (χ1v) is 12.5. The topological polar surface area (TPSA) is 111 Å². The second kappa shape index (κ2) is 11.0. The highest BCUT2D eigenvalue weighted by molar-refractivity contribution is 5.70. The van der Waals surface area contributed by atoms with Crippen LogP contribution in [0.15, 0.2) is 30.7 Å². The van der Waals surface area contributed by atoms with Crippen molar-refractivity contribution in [1.82, 2.24) is 30.3 Å². The predicted octanol–water partition coefficient (Wildman–Crippen LogP) is 4.35. The van der Waals surface area contributed by atoms with Crippen LogP contribution in [0.2, 0.25) is 0 Å². The van der Waals surface area contributed by atoms with Crippen molar-refractivity contribution in [2.45, 2.75) is 84.1 Å². The van der Waals surface area contributed by atoms with E-state index in [2.05, 4.69) is 20.7 Å². The first-order valence-electron chi connectivity index (χ1n) is 12.5. The molecule has 0 radical (unpaired) electrons. The summed E-state index contributed by atoms with van der Waals surface area (Å²) in [5, 5.41) is 10.5. The van der Waals surface area contributed by atoms with Gasteiger partial charge < -0.3 is 25.0 Å². The van der Waals surface area contributed by atoms with Gasteiger partial charge in [-0.15, -0.1) is 0 Å². The Labute approximate surface area is 217 Å². The van der Waals surface area contributed by atoms with Crippen molar-refractivity contribution in [2.24, 2.45) is 0 Å². The zero-order valence-electron chi connectivity index (χ0n) is 22.8. The van der Waals surface area contributed by atoms with Gasteiger partial charge in [-0.05, 0) is 72.9 Å². The molecule has 11 heteroatoms. The summed E-state index contributed by atoms with van der Waals surface area (Å²) in [6.07, 6.45) is 4.32. The third-order valence-corrected chi connectivity index (χ3v) is 5.94. The molecule has 0 bridgehead atoms. The fraction of sp³-hybridized carbons (Fsp3) is 0.615. The van der Waals surface area contributed by atoms with Crippen LogP contribution in [0.25, 0.3) is 5.82 Å². The van der Waals surface area contributed by atoms with E-state index in [0.29, 0.717) is 38.3 Å². The quantitative estimate of drug-likeness (QED) is 0.585. The molecule has 2 aromatic heterocycles. The molecule has 2 aromatic rings. The van der Waals surface area contributed by atoms with E-state index in [4.69, 9.17) is 9.47 Å². The van der Waals surface area contributed by atoms with Crippen molar-refractivity contribution in [2.75, 3.05) is 19.6 Å². The maximum absolute atomic E-state index is 13.3. The lowest BCUT2D eigenvalue weighted by Crippen LogP contribution is -2.61. The summed E-state index contributed by atoms with van der Waals surface area (Å²) in [6.45, 7) is 14.3. The summed E-state index contributed by atoms with van der Waals surface area (Å²) in [5.74, 6) is 0.0823. The third-order valence-electron chi connectivity index (χ3n) is 5.94. The van der Waals surface area contributed by atoms with Gasteiger partial charge in [0.25, 0.3) is 0 Å². The van der Waals surface area contributed by atoms with Gasteiger partial charge in [0.05, 0.1) is 17.9 Å².